The molecule has 0 bridgehead atoms. The predicted octanol–water partition coefficient (Wildman–Crippen LogP) is -2.94. The van der Waals surface area contributed by atoms with Gasteiger partial charge >= 0.3 is 17.9 Å². The minimum Gasteiger partial charge on any atom is -0.471 e. The summed E-state index contributed by atoms with van der Waals surface area (Å²) in [5, 5.41) is 80.2. The molecule has 4 heterocycles. The monoisotopic (exact) mass is 778 g/mol. The van der Waals surface area contributed by atoms with Crippen molar-refractivity contribution in [3.8, 4) is 5.75 Å². The number of carbonyl (C=O) groups is 3. The van der Waals surface area contributed by atoms with E-state index in [0.717, 1.165) is 12.3 Å². The molecule has 1 aromatic rings. The van der Waals surface area contributed by atoms with E-state index in [1.165, 1.54) is 44.4 Å². The molecule has 1 aliphatic carbocycles. The molecule has 0 amide bonds. The van der Waals surface area contributed by atoms with Crippen LogP contribution >= 0.6 is 0 Å². The van der Waals surface area contributed by atoms with Gasteiger partial charge in [-0.3, -0.25) is 0 Å². The summed E-state index contributed by atoms with van der Waals surface area (Å²) in [6.45, 7) is 0.110. The maximum Gasteiger partial charge on any atom is 0.338 e. The average Bonchev–Trinajstić information content (AvgIpc) is 3.73. The Kier molecular flexibility index (Phi) is 12.1. The van der Waals surface area contributed by atoms with Crippen LogP contribution in [0, 0.1) is 11.8 Å². The minimum atomic E-state index is -1.79. The molecule has 19 heteroatoms. The highest BCUT2D eigenvalue weighted by Gasteiger charge is 2.60. The van der Waals surface area contributed by atoms with Crippen LogP contribution in [-0.4, -0.2) is 158 Å². The highest BCUT2D eigenvalue weighted by molar-refractivity contribution is 5.95. The molecule has 6 rings (SSSR count). The SMILES string of the molecule is COC(=O)C1=CO[C@@H](O[C@H]2O[C@@H](CO)[C@H](O)[C@@H](O)[C@@H]2O)[C@H]2[C@@H]1C=C[C@@]21C=C([C@H](C)OC(=O)/C=C/c2ccc(O[C@@H]3O[C@H](CO)[C@@H](O)[C@H](O)[C@@H]3O)cc2)C(=O)O1. The summed E-state index contributed by atoms with van der Waals surface area (Å²) < 4.78 is 44.3. The number of methoxy groups -OCH3 is 1. The van der Waals surface area contributed by atoms with E-state index in [1.54, 1.807) is 18.2 Å². The van der Waals surface area contributed by atoms with E-state index < -0.39 is 122 Å². The average molecular weight is 779 g/mol. The number of aliphatic hydroxyl groups is 8. The largest absolute Gasteiger partial charge is 0.471 e. The molecule has 15 atom stereocenters. The van der Waals surface area contributed by atoms with Crippen molar-refractivity contribution in [1.82, 2.24) is 0 Å². The Morgan fingerprint density at radius 1 is 0.873 bits per heavy atom. The number of rotatable bonds is 11. The van der Waals surface area contributed by atoms with Crippen molar-refractivity contribution in [2.24, 2.45) is 11.8 Å². The Bertz CT molecular complexity index is 1700. The molecule has 2 saturated heterocycles. The third-order valence-electron chi connectivity index (χ3n) is 10.0. The van der Waals surface area contributed by atoms with Gasteiger partial charge < -0.3 is 78.7 Å². The predicted molar refractivity (Wildman–Crippen MR) is 178 cm³/mol. The van der Waals surface area contributed by atoms with Gasteiger partial charge in [0.15, 0.2) is 11.9 Å². The van der Waals surface area contributed by atoms with Crippen LogP contribution in [0.15, 0.2) is 66.0 Å². The van der Waals surface area contributed by atoms with E-state index >= 15 is 0 Å². The van der Waals surface area contributed by atoms with Gasteiger partial charge in [-0.1, -0.05) is 18.2 Å². The van der Waals surface area contributed by atoms with Gasteiger partial charge in [-0.05, 0) is 42.8 Å². The van der Waals surface area contributed by atoms with Gasteiger partial charge in [-0.15, -0.1) is 0 Å². The number of aliphatic hydroxyl groups excluding tert-OH is 8. The van der Waals surface area contributed by atoms with Gasteiger partial charge in [0.1, 0.15) is 60.7 Å². The van der Waals surface area contributed by atoms with Gasteiger partial charge in [0.05, 0.1) is 43.6 Å². The number of carbonyl (C=O) groups excluding carboxylic acids is 3. The Morgan fingerprint density at radius 2 is 1.49 bits per heavy atom. The summed E-state index contributed by atoms with van der Waals surface area (Å²) in [7, 11) is 1.17. The summed E-state index contributed by atoms with van der Waals surface area (Å²) in [4.78, 5) is 38.8. The number of ether oxygens (including phenoxy) is 8. The Balaban J connectivity index is 1.13. The van der Waals surface area contributed by atoms with Crippen LogP contribution < -0.4 is 4.74 Å². The molecular weight excluding hydrogens is 736 g/mol. The fraction of sp³-hybridized carbons (Fsp3) is 0.528. The van der Waals surface area contributed by atoms with Gasteiger partial charge in [-0.25, -0.2) is 14.4 Å². The normalized spacial score (nSPS) is 38.8. The highest BCUT2D eigenvalue weighted by Crippen LogP contribution is 2.51. The van der Waals surface area contributed by atoms with Gasteiger partial charge in [-0.2, -0.15) is 0 Å². The van der Waals surface area contributed by atoms with Crippen molar-refractivity contribution >= 4 is 24.0 Å². The molecule has 8 N–H and O–H groups in total. The van der Waals surface area contributed by atoms with E-state index in [1.807, 2.05) is 0 Å². The lowest BCUT2D eigenvalue weighted by Gasteiger charge is -2.44. The van der Waals surface area contributed by atoms with Crippen LogP contribution in [0.2, 0.25) is 0 Å². The first-order valence-electron chi connectivity index (χ1n) is 17.2. The van der Waals surface area contributed by atoms with Crippen molar-refractivity contribution in [2.45, 2.75) is 86.3 Å². The van der Waals surface area contributed by atoms with E-state index in [9.17, 15) is 55.2 Å². The molecule has 0 radical (unpaired) electrons. The zero-order valence-electron chi connectivity index (χ0n) is 29.3. The maximum atomic E-state index is 13.3. The summed E-state index contributed by atoms with van der Waals surface area (Å²) in [5.41, 5.74) is -1.12. The van der Waals surface area contributed by atoms with Crippen LogP contribution in [0.4, 0.5) is 0 Å². The first-order chi connectivity index (χ1) is 26.2. The zero-order valence-corrected chi connectivity index (χ0v) is 29.3. The number of hydrogen-bond donors (Lipinski definition) is 8. The van der Waals surface area contributed by atoms with Crippen LogP contribution in [0.3, 0.4) is 0 Å². The quantitative estimate of drug-likeness (QED) is 0.0483. The minimum absolute atomic E-state index is 0.0465. The lowest BCUT2D eigenvalue weighted by molar-refractivity contribution is -0.344. The maximum absolute atomic E-state index is 13.3. The molecule has 0 unspecified atom stereocenters. The standard InChI is InChI=1S/C36H42O19/c1-15(50-23(39)8-5-16-3-6-17(7-4-16)51-34-29(44)27(42)25(40)21(12-37)52-34)19-11-36(55-32(19)47)10-9-18-20(31(46)48-2)14-49-33(24(18)36)54-35-30(45)28(43)26(41)22(13-38)53-35/h3-11,14-15,18,21-22,24-30,33-35,37-38,40-45H,12-13H2,1-2H3/b8-5+/t15-,18+,21+,22-,24+,25+,26-,27-,28+,29-,30-,33-,34+,35+,36+/m0/s1. The first-order valence-corrected chi connectivity index (χ1v) is 17.2. The van der Waals surface area contributed by atoms with Crippen LogP contribution in [-0.2, 0) is 47.5 Å². The molecular formula is C36H42O19. The van der Waals surface area contributed by atoms with E-state index in [2.05, 4.69) is 0 Å². The molecule has 300 valence electrons. The smallest absolute Gasteiger partial charge is 0.338 e. The summed E-state index contributed by atoms with van der Waals surface area (Å²) >= 11 is 0. The van der Waals surface area contributed by atoms with Crippen molar-refractivity contribution < 1.29 is 93.1 Å². The summed E-state index contributed by atoms with van der Waals surface area (Å²) in [5.74, 6) is -4.10. The van der Waals surface area contributed by atoms with Crippen molar-refractivity contribution in [3.63, 3.8) is 0 Å². The lowest BCUT2D eigenvalue weighted by atomic mass is 9.78. The second-order valence-corrected chi connectivity index (χ2v) is 13.5. The number of fused-ring (bicyclic) bond motifs is 2. The third kappa shape index (κ3) is 7.91. The number of esters is 3. The second-order valence-electron chi connectivity index (χ2n) is 13.5. The molecule has 5 aliphatic rings. The van der Waals surface area contributed by atoms with Crippen molar-refractivity contribution in [3.05, 3.63) is 71.5 Å². The topological polar surface area (TPSA) is 287 Å². The Hall–Kier alpha value is -4.25. The molecule has 55 heavy (non-hydrogen) atoms. The van der Waals surface area contributed by atoms with E-state index in [0.29, 0.717) is 5.56 Å². The molecule has 19 nitrogen and oxygen atoms in total. The molecule has 1 spiro atoms. The van der Waals surface area contributed by atoms with Crippen LogP contribution in [0.1, 0.15) is 12.5 Å². The Labute approximate surface area is 312 Å². The number of allylic oxidation sites excluding steroid dienone is 1. The molecule has 2 fully saturated rings. The van der Waals surface area contributed by atoms with Gasteiger partial charge in [0.25, 0.3) is 0 Å². The molecule has 1 aromatic carbocycles. The fourth-order valence-corrected chi connectivity index (χ4v) is 6.96. The van der Waals surface area contributed by atoms with Crippen molar-refractivity contribution in [2.75, 3.05) is 20.3 Å². The third-order valence-corrected chi connectivity index (χ3v) is 10.0. The zero-order chi connectivity index (χ0) is 39.8. The number of benzene rings is 1. The fourth-order valence-electron chi connectivity index (χ4n) is 6.96. The van der Waals surface area contributed by atoms with E-state index in [-0.39, 0.29) is 16.9 Å². The summed E-state index contributed by atoms with van der Waals surface area (Å²) in [6.07, 6.45) is -9.86. The van der Waals surface area contributed by atoms with Crippen LogP contribution in [0.5, 0.6) is 5.75 Å². The van der Waals surface area contributed by atoms with Gasteiger partial charge in [0.2, 0.25) is 12.6 Å². The lowest BCUT2D eigenvalue weighted by Crippen LogP contribution is -2.60. The van der Waals surface area contributed by atoms with Crippen LogP contribution in [0.25, 0.3) is 6.08 Å². The molecule has 0 saturated carbocycles. The Morgan fingerprint density at radius 3 is 2.11 bits per heavy atom. The van der Waals surface area contributed by atoms with E-state index in [4.69, 9.17) is 37.9 Å². The first kappa shape index (κ1) is 40.4. The highest BCUT2D eigenvalue weighted by atomic mass is 16.8. The second kappa shape index (κ2) is 16.5. The molecule has 4 aliphatic heterocycles. The summed E-state index contributed by atoms with van der Waals surface area (Å²) in [6, 6.07) is 6.09. The van der Waals surface area contributed by atoms with Gasteiger partial charge in [0, 0.05) is 12.0 Å². The number of hydrogen-bond acceptors (Lipinski definition) is 19. The van der Waals surface area contributed by atoms with Crippen molar-refractivity contribution in [1.29, 1.82) is 0 Å². The molecule has 0 aromatic heterocycles.